The van der Waals surface area contributed by atoms with Gasteiger partial charge < -0.3 is 14.8 Å². The number of aromatic carboxylic acids is 1. The van der Waals surface area contributed by atoms with Crippen molar-refractivity contribution in [3.05, 3.63) is 65.5 Å². The van der Waals surface area contributed by atoms with Crippen LogP contribution in [-0.2, 0) is 22.0 Å². The van der Waals surface area contributed by atoms with Crippen LogP contribution in [0.25, 0.3) is 22.5 Å². The smallest absolute Gasteiger partial charge is 0.354 e. The summed E-state index contributed by atoms with van der Waals surface area (Å²) >= 11 is 0. The molecule has 182 valence electrons. The first kappa shape index (κ1) is 24.2. The highest BCUT2D eigenvalue weighted by atomic mass is 32.2. The van der Waals surface area contributed by atoms with Crippen LogP contribution in [-0.4, -0.2) is 60.5 Å². The standard InChI is InChI=1S/C23H24N6O5S/c1-4-35(33,34)22-24-19(23(2,3)32)18(21(30)31)29(22)13-14-9-11-15(12-10-14)16-7-5-6-8-17(16)20-25-27-28-26-20/h5-12,32H,4,13H2,1-3H3,(H,30,31)(H,25,26,27,28). The first-order valence-electron chi connectivity index (χ1n) is 10.7. The second-order valence-electron chi connectivity index (χ2n) is 8.42. The van der Waals surface area contributed by atoms with Gasteiger partial charge in [-0.05, 0) is 35.8 Å². The fraction of sp³-hybridized carbons (Fsp3) is 0.261. The lowest BCUT2D eigenvalue weighted by molar-refractivity contribution is 0.0602. The average molecular weight is 497 g/mol. The number of hydrogen-bond donors (Lipinski definition) is 3. The zero-order valence-corrected chi connectivity index (χ0v) is 20.1. The van der Waals surface area contributed by atoms with Gasteiger partial charge in [0.2, 0.25) is 20.8 Å². The molecule has 4 aromatic rings. The largest absolute Gasteiger partial charge is 0.477 e. The molecule has 35 heavy (non-hydrogen) atoms. The number of H-pyrrole nitrogens is 1. The van der Waals surface area contributed by atoms with Gasteiger partial charge in [-0.1, -0.05) is 55.5 Å². The van der Waals surface area contributed by atoms with Crippen LogP contribution in [0.2, 0.25) is 0 Å². The summed E-state index contributed by atoms with van der Waals surface area (Å²) in [5, 5.41) is 34.1. The van der Waals surface area contributed by atoms with Gasteiger partial charge in [0.1, 0.15) is 11.3 Å². The van der Waals surface area contributed by atoms with Crippen molar-refractivity contribution in [1.29, 1.82) is 0 Å². The summed E-state index contributed by atoms with van der Waals surface area (Å²) < 4.78 is 26.6. The predicted octanol–water partition coefficient (Wildman–Crippen LogP) is 2.50. The number of carboxylic acid groups (broad SMARTS) is 1. The van der Waals surface area contributed by atoms with E-state index >= 15 is 0 Å². The topological polar surface area (TPSA) is 164 Å². The molecule has 2 aromatic heterocycles. The van der Waals surface area contributed by atoms with E-state index < -0.39 is 21.4 Å². The van der Waals surface area contributed by atoms with Crippen LogP contribution in [0.15, 0.2) is 53.7 Å². The molecule has 0 aliphatic heterocycles. The van der Waals surface area contributed by atoms with Gasteiger partial charge in [0.25, 0.3) is 0 Å². The first-order chi connectivity index (χ1) is 16.5. The third kappa shape index (κ3) is 4.70. The molecule has 0 aliphatic rings. The van der Waals surface area contributed by atoms with Crippen molar-refractivity contribution >= 4 is 15.8 Å². The average Bonchev–Trinajstić information content (AvgIpc) is 3.48. The summed E-state index contributed by atoms with van der Waals surface area (Å²) in [5.74, 6) is -1.19. The summed E-state index contributed by atoms with van der Waals surface area (Å²) in [5.41, 5.74) is 0.937. The minimum atomic E-state index is -3.87. The maximum atomic E-state index is 12.7. The van der Waals surface area contributed by atoms with E-state index in [1.54, 1.807) is 12.1 Å². The summed E-state index contributed by atoms with van der Waals surface area (Å²) in [6.45, 7) is 4.12. The zero-order valence-electron chi connectivity index (χ0n) is 19.3. The molecule has 0 radical (unpaired) electrons. The van der Waals surface area contributed by atoms with E-state index in [1.807, 2.05) is 36.4 Å². The number of aromatic nitrogens is 6. The molecular formula is C23H24N6O5S. The minimum absolute atomic E-state index is 0.0634. The second-order valence-corrected chi connectivity index (χ2v) is 10.6. The van der Waals surface area contributed by atoms with E-state index in [9.17, 15) is 23.4 Å². The third-order valence-electron chi connectivity index (χ3n) is 5.49. The number of imidazole rings is 1. The number of carbonyl (C=O) groups is 1. The van der Waals surface area contributed by atoms with Crippen molar-refractivity contribution < 1.29 is 23.4 Å². The van der Waals surface area contributed by atoms with Gasteiger partial charge in [-0.15, -0.1) is 10.2 Å². The lowest BCUT2D eigenvalue weighted by Gasteiger charge is -2.16. The van der Waals surface area contributed by atoms with Gasteiger partial charge in [0.05, 0.1) is 12.3 Å². The molecule has 0 saturated carbocycles. The Balaban J connectivity index is 1.77. The number of tetrazole rings is 1. The first-order valence-corrected chi connectivity index (χ1v) is 12.4. The Morgan fingerprint density at radius 2 is 1.74 bits per heavy atom. The lowest BCUT2D eigenvalue weighted by atomic mass is 9.98. The van der Waals surface area contributed by atoms with Crippen LogP contribution in [0, 0.1) is 0 Å². The Bertz CT molecular complexity index is 1470. The molecule has 0 aliphatic carbocycles. The highest BCUT2D eigenvalue weighted by Gasteiger charge is 2.35. The number of nitrogens with zero attached hydrogens (tertiary/aromatic N) is 5. The minimum Gasteiger partial charge on any atom is -0.477 e. The number of aliphatic hydroxyl groups is 1. The molecule has 0 fully saturated rings. The predicted molar refractivity (Wildman–Crippen MR) is 126 cm³/mol. The molecule has 2 heterocycles. The Labute approximate surface area is 201 Å². The fourth-order valence-electron chi connectivity index (χ4n) is 3.77. The normalized spacial score (nSPS) is 12.1. The molecule has 12 heteroatoms. The number of nitrogens with one attached hydrogen (secondary N) is 1. The molecule has 0 atom stereocenters. The van der Waals surface area contributed by atoms with Crippen molar-refractivity contribution in [3.8, 4) is 22.5 Å². The molecule has 2 aromatic carbocycles. The number of carboxylic acids is 1. The summed E-state index contributed by atoms with van der Waals surface area (Å²) in [4.78, 5) is 16.2. The van der Waals surface area contributed by atoms with Gasteiger partial charge in [-0.3, -0.25) is 0 Å². The van der Waals surface area contributed by atoms with Crippen molar-refractivity contribution in [2.75, 3.05) is 5.75 Å². The Kier molecular flexibility index (Phi) is 6.26. The summed E-state index contributed by atoms with van der Waals surface area (Å²) in [6, 6.07) is 14.8. The van der Waals surface area contributed by atoms with E-state index in [-0.39, 0.29) is 28.8 Å². The Morgan fingerprint density at radius 3 is 2.29 bits per heavy atom. The van der Waals surface area contributed by atoms with Gasteiger partial charge in [0, 0.05) is 5.56 Å². The highest BCUT2D eigenvalue weighted by Crippen LogP contribution is 2.31. The molecule has 0 spiro atoms. The van der Waals surface area contributed by atoms with Crippen molar-refractivity contribution in [2.45, 2.75) is 38.1 Å². The molecule has 4 rings (SSSR count). The molecule has 0 unspecified atom stereocenters. The molecule has 0 saturated heterocycles. The van der Waals surface area contributed by atoms with Crippen LogP contribution < -0.4 is 0 Å². The van der Waals surface area contributed by atoms with Crippen molar-refractivity contribution in [2.24, 2.45) is 0 Å². The SMILES string of the molecule is CCS(=O)(=O)c1nc(C(C)(C)O)c(C(=O)O)n1Cc1ccc(-c2ccccc2-c2nn[nH]n2)cc1. The van der Waals surface area contributed by atoms with Gasteiger partial charge in [0.15, 0.2) is 5.69 Å². The van der Waals surface area contributed by atoms with E-state index in [1.165, 1.54) is 20.8 Å². The van der Waals surface area contributed by atoms with Gasteiger partial charge in [-0.2, -0.15) is 5.21 Å². The zero-order chi connectivity index (χ0) is 25.4. The number of hydrogen-bond acceptors (Lipinski definition) is 8. The second kappa shape index (κ2) is 9.04. The molecular weight excluding hydrogens is 472 g/mol. The monoisotopic (exact) mass is 496 g/mol. The summed E-state index contributed by atoms with van der Waals surface area (Å²) in [6.07, 6.45) is 0. The highest BCUT2D eigenvalue weighted by molar-refractivity contribution is 7.91. The summed E-state index contributed by atoms with van der Waals surface area (Å²) in [7, 11) is -3.87. The number of aromatic amines is 1. The van der Waals surface area contributed by atoms with Crippen molar-refractivity contribution in [1.82, 2.24) is 30.2 Å². The van der Waals surface area contributed by atoms with Gasteiger partial charge >= 0.3 is 5.97 Å². The lowest BCUT2D eigenvalue weighted by Crippen LogP contribution is -2.22. The maximum Gasteiger partial charge on any atom is 0.354 e. The molecule has 3 N–H and O–H groups in total. The van der Waals surface area contributed by atoms with Crippen LogP contribution >= 0.6 is 0 Å². The van der Waals surface area contributed by atoms with E-state index in [0.29, 0.717) is 11.4 Å². The van der Waals surface area contributed by atoms with E-state index in [4.69, 9.17) is 0 Å². The fourth-order valence-corrected chi connectivity index (χ4v) is 4.75. The number of benzene rings is 2. The van der Waals surface area contributed by atoms with Crippen LogP contribution in [0.5, 0.6) is 0 Å². The molecule has 0 amide bonds. The third-order valence-corrected chi connectivity index (χ3v) is 7.12. The van der Waals surface area contributed by atoms with Crippen molar-refractivity contribution in [3.63, 3.8) is 0 Å². The maximum absolute atomic E-state index is 12.7. The number of rotatable bonds is 8. The Hall–Kier alpha value is -3.90. The van der Waals surface area contributed by atoms with Crippen LogP contribution in [0.1, 0.15) is 42.5 Å². The molecule has 0 bridgehead atoms. The van der Waals surface area contributed by atoms with E-state index in [2.05, 4.69) is 25.6 Å². The van der Waals surface area contributed by atoms with Crippen LogP contribution in [0.3, 0.4) is 0 Å². The quantitative estimate of drug-likeness (QED) is 0.332. The van der Waals surface area contributed by atoms with Crippen LogP contribution in [0.4, 0.5) is 0 Å². The Morgan fingerprint density at radius 1 is 1.09 bits per heavy atom. The number of sulfone groups is 1. The molecule has 11 nitrogen and oxygen atoms in total. The van der Waals surface area contributed by atoms with Gasteiger partial charge in [-0.25, -0.2) is 18.2 Å². The van der Waals surface area contributed by atoms with E-state index in [0.717, 1.165) is 21.3 Å².